The Hall–Kier alpha value is -1.65. The Kier molecular flexibility index (Phi) is 15.0. The molecule has 1 aromatic rings. The maximum Gasteiger partial charge on any atom is 0.303 e. The molecule has 0 spiro atoms. The van der Waals surface area contributed by atoms with Gasteiger partial charge in [0.1, 0.15) is 0 Å². The molecule has 0 saturated carbocycles. The van der Waals surface area contributed by atoms with Crippen LogP contribution < -0.4 is 5.73 Å². The number of rotatable bonds is 18. The Morgan fingerprint density at radius 3 is 2.40 bits per heavy atom. The van der Waals surface area contributed by atoms with Crippen LogP contribution in [0.25, 0.3) is 0 Å². The Bertz CT molecular complexity index is 573. The highest BCUT2D eigenvalue weighted by Crippen LogP contribution is 2.29. The standard InChI is InChI=1S/C26H43NO3/c1-2-3-7-15-25(28)16-11-5-4-10-14-23(19-20-27)24(21-26(29)30)18-17-22-12-8-6-9-13-22/h6,8-9,11-13,16,23-25,28H,2-5,7,10,14-15,17-21,27H2,1H3,(H,29,30)/t23-,24-,25-/m1/s1. The number of nitrogens with two attached hydrogens (primary N) is 1. The van der Waals surface area contributed by atoms with Gasteiger partial charge in [-0.3, -0.25) is 4.79 Å². The van der Waals surface area contributed by atoms with E-state index in [2.05, 4.69) is 25.1 Å². The third-order valence-corrected chi connectivity index (χ3v) is 5.94. The van der Waals surface area contributed by atoms with Gasteiger partial charge in [-0.1, -0.05) is 81.5 Å². The van der Waals surface area contributed by atoms with Crippen LogP contribution in [-0.4, -0.2) is 28.8 Å². The van der Waals surface area contributed by atoms with Gasteiger partial charge in [-0.25, -0.2) is 0 Å². The Labute approximate surface area is 183 Å². The molecule has 0 amide bonds. The van der Waals surface area contributed by atoms with Crippen LogP contribution in [0.5, 0.6) is 0 Å². The maximum atomic E-state index is 11.4. The Morgan fingerprint density at radius 1 is 1.00 bits per heavy atom. The van der Waals surface area contributed by atoms with E-state index in [1.54, 1.807) is 0 Å². The average molecular weight is 418 g/mol. The number of hydrogen-bond donors (Lipinski definition) is 3. The summed E-state index contributed by atoms with van der Waals surface area (Å²) in [4.78, 5) is 11.4. The first-order valence-electron chi connectivity index (χ1n) is 11.9. The summed E-state index contributed by atoms with van der Waals surface area (Å²) in [5.41, 5.74) is 7.12. The molecular weight excluding hydrogens is 374 g/mol. The second kappa shape index (κ2) is 17.1. The smallest absolute Gasteiger partial charge is 0.303 e. The first kappa shape index (κ1) is 26.4. The second-order valence-electron chi connectivity index (χ2n) is 8.50. The molecule has 0 aromatic heterocycles. The predicted octanol–water partition coefficient (Wildman–Crippen LogP) is 5.73. The van der Waals surface area contributed by atoms with Crippen molar-refractivity contribution in [3.8, 4) is 0 Å². The number of unbranched alkanes of at least 4 members (excludes halogenated alkanes) is 4. The van der Waals surface area contributed by atoms with E-state index in [-0.39, 0.29) is 18.4 Å². The van der Waals surface area contributed by atoms with Crippen molar-refractivity contribution in [1.29, 1.82) is 0 Å². The van der Waals surface area contributed by atoms with Gasteiger partial charge in [-0.2, -0.15) is 0 Å². The molecule has 1 aromatic carbocycles. The molecule has 170 valence electrons. The number of aliphatic carboxylic acids is 1. The number of hydrogen-bond acceptors (Lipinski definition) is 3. The van der Waals surface area contributed by atoms with Crippen molar-refractivity contribution in [1.82, 2.24) is 0 Å². The van der Waals surface area contributed by atoms with E-state index in [0.29, 0.717) is 12.5 Å². The number of aryl methyl sites for hydroxylation is 1. The molecule has 0 aliphatic heterocycles. The van der Waals surface area contributed by atoms with Crippen LogP contribution in [0.4, 0.5) is 0 Å². The number of carboxylic acid groups (broad SMARTS) is 1. The topological polar surface area (TPSA) is 83.5 Å². The minimum absolute atomic E-state index is 0.169. The summed E-state index contributed by atoms with van der Waals surface area (Å²) in [7, 11) is 0. The lowest BCUT2D eigenvalue weighted by molar-refractivity contribution is -0.138. The van der Waals surface area contributed by atoms with Crippen LogP contribution in [0, 0.1) is 11.8 Å². The van der Waals surface area contributed by atoms with Crippen molar-refractivity contribution >= 4 is 5.97 Å². The minimum Gasteiger partial charge on any atom is -0.481 e. The third-order valence-electron chi connectivity index (χ3n) is 5.94. The van der Waals surface area contributed by atoms with E-state index in [1.807, 2.05) is 24.3 Å². The average Bonchev–Trinajstić information content (AvgIpc) is 2.73. The lowest BCUT2D eigenvalue weighted by Gasteiger charge is -2.26. The van der Waals surface area contributed by atoms with Crippen molar-refractivity contribution in [2.75, 3.05) is 6.54 Å². The summed E-state index contributed by atoms with van der Waals surface area (Å²) in [6.45, 7) is 2.78. The molecule has 4 heteroatoms. The van der Waals surface area contributed by atoms with Crippen molar-refractivity contribution in [2.45, 2.75) is 90.1 Å². The molecule has 0 bridgehead atoms. The van der Waals surface area contributed by atoms with Crippen LogP contribution >= 0.6 is 0 Å². The fourth-order valence-electron chi connectivity index (χ4n) is 4.18. The summed E-state index contributed by atoms with van der Waals surface area (Å²) in [6, 6.07) is 10.3. The van der Waals surface area contributed by atoms with E-state index in [1.165, 1.54) is 18.4 Å². The third kappa shape index (κ3) is 12.8. The van der Waals surface area contributed by atoms with Crippen LogP contribution in [0.3, 0.4) is 0 Å². The van der Waals surface area contributed by atoms with E-state index in [9.17, 15) is 15.0 Å². The van der Waals surface area contributed by atoms with Crippen molar-refractivity contribution in [2.24, 2.45) is 17.6 Å². The number of carboxylic acids is 1. The quantitative estimate of drug-likeness (QED) is 0.210. The molecule has 0 aliphatic carbocycles. The van der Waals surface area contributed by atoms with Gasteiger partial charge >= 0.3 is 5.97 Å². The molecule has 3 atom stereocenters. The number of carbonyl (C=O) groups is 1. The molecule has 0 heterocycles. The van der Waals surface area contributed by atoms with Crippen molar-refractivity contribution in [3.63, 3.8) is 0 Å². The summed E-state index contributed by atoms with van der Waals surface area (Å²) in [5, 5.41) is 19.3. The zero-order valence-corrected chi connectivity index (χ0v) is 18.8. The highest BCUT2D eigenvalue weighted by Gasteiger charge is 2.23. The molecule has 0 radical (unpaired) electrons. The largest absolute Gasteiger partial charge is 0.481 e. The normalized spacial score (nSPS) is 14.6. The molecule has 0 aliphatic rings. The SMILES string of the molecule is CCCCC[C@@H](O)C=CCCCC[C@H](CCN)[C@H](CCc1ccccc1)CC(=O)O. The van der Waals surface area contributed by atoms with Gasteiger partial charge in [-0.15, -0.1) is 0 Å². The van der Waals surface area contributed by atoms with Crippen molar-refractivity contribution in [3.05, 3.63) is 48.0 Å². The van der Waals surface area contributed by atoms with Gasteiger partial charge in [-0.05, 0) is 62.5 Å². The van der Waals surface area contributed by atoms with E-state index in [0.717, 1.165) is 57.8 Å². The zero-order chi connectivity index (χ0) is 22.0. The van der Waals surface area contributed by atoms with Crippen molar-refractivity contribution < 1.29 is 15.0 Å². The highest BCUT2D eigenvalue weighted by atomic mass is 16.4. The molecular formula is C26H43NO3. The maximum absolute atomic E-state index is 11.4. The van der Waals surface area contributed by atoms with Gasteiger partial charge in [0.15, 0.2) is 0 Å². The van der Waals surface area contributed by atoms with E-state index >= 15 is 0 Å². The first-order valence-corrected chi connectivity index (χ1v) is 11.9. The van der Waals surface area contributed by atoms with E-state index in [4.69, 9.17) is 5.73 Å². The van der Waals surface area contributed by atoms with Crippen LogP contribution in [-0.2, 0) is 11.2 Å². The predicted molar refractivity (Wildman–Crippen MR) is 125 cm³/mol. The molecule has 0 unspecified atom stereocenters. The fraction of sp³-hybridized carbons (Fsp3) is 0.654. The molecule has 4 N–H and O–H groups in total. The van der Waals surface area contributed by atoms with E-state index < -0.39 is 5.97 Å². The van der Waals surface area contributed by atoms with Gasteiger partial charge < -0.3 is 15.9 Å². The van der Waals surface area contributed by atoms with Crippen LogP contribution in [0.15, 0.2) is 42.5 Å². The Morgan fingerprint density at radius 2 is 1.73 bits per heavy atom. The summed E-state index contributed by atoms with van der Waals surface area (Å²) in [6.07, 6.45) is 15.0. The second-order valence-corrected chi connectivity index (χ2v) is 8.50. The summed E-state index contributed by atoms with van der Waals surface area (Å²) < 4.78 is 0. The molecule has 0 saturated heterocycles. The molecule has 30 heavy (non-hydrogen) atoms. The Balaban J connectivity index is 2.44. The molecule has 1 rings (SSSR count). The van der Waals surface area contributed by atoms with Gasteiger partial charge in [0.25, 0.3) is 0 Å². The number of aliphatic hydroxyl groups excluding tert-OH is 1. The summed E-state index contributed by atoms with van der Waals surface area (Å²) in [5.74, 6) is -0.185. The lowest BCUT2D eigenvalue weighted by Crippen LogP contribution is -2.22. The number of allylic oxidation sites excluding steroid dienone is 1. The minimum atomic E-state index is -0.713. The zero-order valence-electron chi connectivity index (χ0n) is 18.8. The summed E-state index contributed by atoms with van der Waals surface area (Å²) >= 11 is 0. The monoisotopic (exact) mass is 417 g/mol. The van der Waals surface area contributed by atoms with Gasteiger partial charge in [0.2, 0.25) is 0 Å². The number of aliphatic hydroxyl groups is 1. The van der Waals surface area contributed by atoms with Gasteiger partial charge in [0.05, 0.1) is 6.10 Å². The first-order chi connectivity index (χ1) is 14.6. The lowest BCUT2D eigenvalue weighted by atomic mass is 9.80. The van der Waals surface area contributed by atoms with Gasteiger partial charge in [0, 0.05) is 6.42 Å². The molecule has 0 fully saturated rings. The van der Waals surface area contributed by atoms with Crippen LogP contribution in [0.1, 0.15) is 83.1 Å². The highest BCUT2D eigenvalue weighted by molar-refractivity contribution is 5.67. The number of benzene rings is 1. The fourth-order valence-corrected chi connectivity index (χ4v) is 4.18. The molecule has 4 nitrogen and oxygen atoms in total. The van der Waals surface area contributed by atoms with Crippen LogP contribution in [0.2, 0.25) is 0 Å².